The first-order valence-electron chi connectivity index (χ1n) is 25.9. The van der Waals surface area contributed by atoms with Crippen molar-refractivity contribution in [3.05, 3.63) is 0 Å². The molecule has 2 heterocycles. The molecule has 11 aliphatic rings. The van der Waals surface area contributed by atoms with E-state index in [2.05, 4.69) is 18.7 Å². The minimum absolute atomic E-state index is 0.722. The second-order valence-electron chi connectivity index (χ2n) is 23.7. The normalized spacial score (nSPS) is 56.6. The highest BCUT2D eigenvalue weighted by Gasteiger charge is 2.86. The van der Waals surface area contributed by atoms with Crippen LogP contribution in [0.25, 0.3) is 0 Å². The first-order chi connectivity index (χ1) is 26.1. The van der Waals surface area contributed by atoms with Crippen molar-refractivity contribution in [2.45, 2.75) is 206 Å². The molecule has 2 aliphatic heterocycles. The van der Waals surface area contributed by atoms with Gasteiger partial charge in [-0.25, -0.2) is 0 Å². The zero-order chi connectivity index (χ0) is 35.3. The van der Waals surface area contributed by atoms with E-state index >= 15 is 0 Å². The van der Waals surface area contributed by atoms with Gasteiger partial charge in [-0.15, -0.1) is 0 Å². The summed E-state index contributed by atoms with van der Waals surface area (Å²) in [5, 5.41) is 0. The summed E-state index contributed by atoms with van der Waals surface area (Å²) in [6.45, 7) is 8.22. The maximum atomic E-state index is 3.27. The van der Waals surface area contributed by atoms with Crippen molar-refractivity contribution in [3.63, 3.8) is 0 Å². The largest absolute Gasteiger partial charge is 0.300 e. The maximum absolute atomic E-state index is 3.27. The lowest BCUT2D eigenvalue weighted by atomic mass is 9.49. The van der Waals surface area contributed by atoms with Gasteiger partial charge in [0.15, 0.2) is 0 Å². The molecule has 9 saturated carbocycles. The molecule has 0 N–H and O–H groups in total. The third kappa shape index (κ3) is 5.62. The third-order valence-corrected chi connectivity index (χ3v) is 22.4. The van der Waals surface area contributed by atoms with E-state index in [4.69, 9.17) is 0 Å². The predicted octanol–water partition coefficient (Wildman–Crippen LogP) is 14.0. The lowest BCUT2D eigenvalue weighted by Crippen LogP contribution is -2.53. The molecule has 1 spiro atoms. The summed E-state index contributed by atoms with van der Waals surface area (Å²) in [7, 11) is 0. The number of hydrogen-bond donors (Lipinski definition) is 0. The molecule has 0 aromatic heterocycles. The summed E-state index contributed by atoms with van der Waals surface area (Å²) in [6.07, 6.45) is 46.5. The Morgan fingerprint density at radius 1 is 0.453 bits per heavy atom. The van der Waals surface area contributed by atoms with Gasteiger partial charge in [-0.05, 0) is 202 Å². The summed E-state index contributed by atoms with van der Waals surface area (Å²) < 4.78 is 0. The van der Waals surface area contributed by atoms with E-state index in [9.17, 15) is 0 Å². The molecule has 9 aliphatic carbocycles. The molecular weight excluding hydrogens is 639 g/mol. The zero-order valence-electron chi connectivity index (χ0n) is 35.2. The van der Waals surface area contributed by atoms with E-state index in [0.717, 1.165) is 112 Å². The topological polar surface area (TPSA) is 3.24 Å². The molecule has 0 amide bonds. The minimum atomic E-state index is 0.722. The minimum Gasteiger partial charge on any atom is -0.300 e. The van der Waals surface area contributed by atoms with Crippen molar-refractivity contribution >= 4 is 0 Å². The number of piperidine rings is 1. The molecule has 298 valence electrons. The molecule has 19 unspecified atom stereocenters. The average Bonchev–Trinajstić information content (AvgIpc) is 3.43. The fraction of sp³-hybridized carbons (Fsp3) is 1.00. The number of rotatable bonds is 3. The van der Waals surface area contributed by atoms with Gasteiger partial charge in [-0.1, -0.05) is 104 Å². The molecule has 7 bridgehead atoms. The van der Waals surface area contributed by atoms with Crippen molar-refractivity contribution in [3.8, 4) is 0 Å². The Balaban J connectivity index is 1.06. The van der Waals surface area contributed by atoms with Crippen LogP contribution in [0.5, 0.6) is 0 Å². The molecule has 1 heteroatoms. The molecular formula is C52H85N. The van der Waals surface area contributed by atoms with E-state index in [1.807, 2.05) is 0 Å². The van der Waals surface area contributed by atoms with Gasteiger partial charge >= 0.3 is 0 Å². The SMILES string of the molecule is CCC1CCC2CC3CCC(CC)CCC4CC5(C(C2)C3)C(C2CC(CC1)C1CCCCC12)C5(C1CCC2C3CCCCC3CN2C1)C1CCCCC41. The van der Waals surface area contributed by atoms with Crippen molar-refractivity contribution in [2.75, 3.05) is 13.1 Å². The smallest absolute Gasteiger partial charge is 0.0127 e. The van der Waals surface area contributed by atoms with E-state index < -0.39 is 0 Å². The molecule has 19 atom stereocenters. The van der Waals surface area contributed by atoms with E-state index in [1.54, 1.807) is 180 Å². The summed E-state index contributed by atoms with van der Waals surface area (Å²) >= 11 is 0. The van der Waals surface area contributed by atoms with Crippen molar-refractivity contribution < 1.29 is 0 Å². The Labute approximate surface area is 328 Å². The molecule has 1 nitrogen and oxygen atoms in total. The average molecular weight is 724 g/mol. The van der Waals surface area contributed by atoms with Gasteiger partial charge in [0, 0.05) is 19.1 Å². The third-order valence-electron chi connectivity index (χ3n) is 22.4. The van der Waals surface area contributed by atoms with Crippen molar-refractivity contribution in [2.24, 2.45) is 106 Å². The Kier molecular flexibility index (Phi) is 9.77. The second kappa shape index (κ2) is 14.4. The molecule has 11 fully saturated rings. The lowest BCUT2D eigenvalue weighted by molar-refractivity contribution is -0.0794. The molecule has 0 radical (unpaired) electrons. The number of hydrogen-bond acceptors (Lipinski definition) is 1. The number of nitrogens with zero attached hydrogens (tertiary/aromatic N) is 1. The summed E-state index contributed by atoms with van der Waals surface area (Å²) in [5.41, 5.74) is 1.45. The highest BCUT2D eigenvalue weighted by molar-refractivity contribution is 5.34. The van der Waals surface area contributed by atoms with Gasteiger partial charge in [-0.3, -0.25) is 4.90 Å². The summed E-state index contributed by atoms with van der Waals surface area (Å²) in [5.74, 6) is 17.3. The van der Waals surface area contributed by atoms with Gasteiger partial charge in [0.2, 0.25) is 0 Å². The monoisotopic (exact) mass is 724 g/mol. The lowest BCUT2D eigenvalue weighted by Gasteiger charge is -2.56. The van der Waals surface area contributed by atoms with Gasteiger partial charge in [0.1, 0.15) is 0 Å². The highest BCUT2D eigenvalue weighted by atomic mass is 15.2. The van der Waals surface area contributed by atoms with E-state index in [0.29, 0.717) is 0 Å². The van der Waals surface area contributed by atoms with Crippen LogP contribution in [0.1, 0.15) is 200 Å². The Hall–Kier alpha value is -0.0400. The maximum Gasteiger partial charge on any atom is 0.0127 e. The van der Waals surface area contributed by atoms with Crippen LogP contribution in [0.4, 0.5) is 0 Å². The van der Waals surface area contributed by atoms with Crippen molar-refractivity contribution in [1.29, 1.82) is 0 Å². The van der Waals surface area contributed by atoms with Crippen molar-refractivity contribution in [1.82, 2.24) is 4.90 Å². The summed E-state index contributed by atoms with van der Waals surface area (Å²) in [6, 6.07) is 0.976. The molecule has 2 saturated heterocycles. The fourth-order valence-corrected chi connectivity index (χ4v) is 20.7. The Bertz CT molecular complexity index is 1290. The van der Waals surface area contributed by atoms with Crippen LogP contribution < -0.4 is 0 Å². The van der Waals surface area contributed by atoms with Gasteiger partial charge in [0.25, 0.3) is 0 Å². The van der Waals surface area contributed by atoms with Crippen LogP contribution in [0.3, 0.4) is 0 Å². The highest BCUT2D eigenvalue weighted by Crippen LogP contribution is 2.91. The fourth-order valence-electron chi connectivity index (χ4n) is 20.7. The quantitative estimate of drug-likeness (QED) is 0.280. The number of fused-ring (bicyclic) bond motifs is 16. The van der Waals surface area contributed by atoms with E-state index in [1.165, 1.54) is 19.4 Å². The second-order valence-corrected chi connectivity index (χ2v) is 23.7. The standard InChI is InChI=1S/C52H85N/c1-3-34-17-19-36-27-37-20-18-35(4-2)22-24-39-31-51(42(28-36)29-37)50(47-30-38(23-21-34)43-12-7-8-15-46(43)47)52(51,48-16-10-9-13-44(39)48)41-25-26-49-45-14-6-5-11-40(45)32-53(49)33-41/h34-50H,3-33H2,1-2H3. The van der Waals surface area contributed by atoms with Crippen LogP contribution in [-0.2, 0) is 0 Å². The van der Waals surface area contributed by atoms with Crippen LogP contribution in [0, 0.1) is 106 Å². The van der Waals surface area contributed by atoms with Crippen LogP contribution in [0.2, 0.25) is 0 Å². The first kappa shape index (κ1) is 36.1. The van der Waals surface area contributed by atoms with Crippen LogP contribution in [-0.4, -0.2) is 24.0 Å². The molecule has 0 aromatic carbocycles. The Morgan fingerprint density at radius 3 is 1.85 bits per heavy atom. The van der Waals surface area contributed by atoms with Gasteiger partial charge in [-0.2, -0.15) is 0 Å². The summed E-state index contributed by atoms with van der Waals surface area (Å²) in [4.78, 5) is 3.27. The van der Waals surface area contributed by atoms with Crippen LogP contribution in [0.15, 0.2) is 0 Å². The van der Waals surface area contributed by atoms with E-state index in [-0.39, 0.29) is 0 Å². The molecule has 11 rings (SSSR count). The molecule has 0 aromatic rings. The first-order valence-corrected chi connectivity index (χ1v) is 25.9. The van der Waals surface area contributed by atoms with Gasteiger partial charge < -0.3 is 0 Å². The van der Waals surface area contributed by atoms with Crippen LogP contribution >= 0.6 is 0 Å². The molecule has 53 heavy (non-hydrogen) atoms. The zero-order valence-corrected chi connectivity index (χ0v) is 35.2. The Morgan fingerprint density at radius 2 is 1.09 bits per heavy atom. The predicted molar refractivity (Wildman–Crippen MR) is 221 cm³/mol. The van der Waals surface area contributed by atoms with Gasteiger partial charge in [0.05, 0.1) is 0 Å².